The lowest BCUT2D eigenvalue weighted by Gasteiger charge is -2.46. The largest absolute Gasteiger partial charge is 0.338 e. The zero-order valence-corrected chi connectivity index (χ0v) is 11.8. The Bertz CT molecular complexity index is 411. The Balaban J connectivity index is 1.58. The van der Waals surface area contributed by atoms with Crippen LogP contribution in [0.1, 0.15) is 31.6 Å². The van der Waals surface area contributed by atoms with Gasteiger partial charge in [-0.25, -0.2) is 0 Å². The first-order chi connectivity index (χ1) is 9.22. The van der Waals surface area contributed by atoms with E-state index in [2.05, 4.69) is 39.1 Å². The summed E-state index contributed by atoms with van der Waals surface area (Å²) in [6.07, 6.45) is 0. The van der Waals surface area contributed by atoms with Gasteiger partial charge in [-0.2, -0.15) is 4.98 Å². The van der Waals surface area contributed by atoms with Gasteiger partial charge in [0.15, 0.2) is 5.82 Å². The first kappa shape index (κ1) is 13.0. The molecule has 2 bridgehead atoms. The molecule has 106 valence electrons. The van der Waals surface area contributed by atoms with Gasteiger partial charge in [0.05, 0.1) is 12.6 Å². The molecule has 4 heterocycles. The maximum absolute atomic E-state index is 5.34. The van der Waals surface area contributed by atoms with Crippen molar-refractivity contribution in [3.05, 3.63) is 11.7 Å². The van der Waals surface area contributed by atoms with Gasteiger partial charge >= 0.3 is 0 Å². The highest BCUT2D eigenvalue weighted by atomic mass is 16.5. The average molecular weight is 265 g/mol. The Kier molecular flexibility index (Phi) is 3.81. The Morgan fingerprint density at radius 2 is 2.11 bits per heavy atom. The molecule has 0 saturated carbocycles. The summed E-state index contributed by atoms with van der Waals surface area (Å²) in [4.78, 5) is 9.49. The number of nitrogens with zero attached hydrogens (tertiary/aromatic N) is 4. The highest BCUT2D eigenvalue weighted by Gasteiger charge is 2.35. The van der Waals surface area contributed by atoms with Gasteiger partial charge < -0.3 is 9.84 Å². The Morgan fingerprint density at radius 3 is 2.74 bits per heavy atom. The van der Waals surface area contributed by atoms with Crippen LogP contribution < -0.4 is 5.32 Å². The lowest BCUT2D eigenvalue weighted by molar-refractivity contribution is 0.00781. The molecule has 3 aliphatic heterocycles. The number of rotatable bonds is 5. The molecule has 4 rings (SSSR count). The number of piperazine rings is 3. The van der Waals surface area contributed by atoms with Gasteiger partial charge in [-0.15, -0.1) is 0 Å². The molecular weight excluding hydrogens is 242 g/mol. The maximum atomic E-state index is 5.34. The second-order valence-corrected chi connectivity index (χ2v) is 5.92. The quantitative estimate of drug-likeness (QED) is 0.836. The van der Waals surface area contributed by atoms with Crippen molar-refractivity contribution in [2.24, 2.45) is 5.92 Å². The van der Waals surface area contributed by atoms with Crippen LogP contribution in [0.3, 0.4) is 0 Å². The third-order valence-electron chi connectivity index (χ3n) is 3.89. The van der Waals surface area contributed by atoms with Crippen molar-refractivity contribution in [2.75, 3.05) is 39.3 Å². The van der Waals surface area contributed by atoms with Crippen LogP contribution in [-0.2, 0) is 6.54 Å². The van der Waals surface area contributed by atoms with Gasteiger partial charge in [0.2, 0.25) is 5.89 Å². The van der Waals surface area contributed by atoms with E-state index in [9.17, 15) is 0 Å². The fraction of sp³-hybridized carbons (Fsp3) is 0.846. The first-order valence-corrected chi connectivity index (χ1v) is 7.22. The first-order valence-electron chi connectivity index (χ1n) is 7.22. The zero-order valence-electron chi connectivity index (χ0n) is 11.8. The van der Waals surface area contributed by atoms with E-state index in [-0.39, 0.29) is 0 Å². The van der Waals surface area contributed by atoms with Gasteiger partial charge in [0, 0.05) is 32.7 Å². The molecule has 0 amide bonds. The third-order valence-corrected chi connectivity index (χ3v) is 3.89. The SMILES string of the molecule is CC(C)CNCc1nc(C2CN3CCN2CC3)no1. The molecule has 1 unspecified atom stereocenters. The molecule has 0 aliphatic carbocycles. The zero-order chi connectivity index (χ0) is 13.2. The van der Waals surface area contributed by atoms with Crippen LogP contribution in [0.2, 0.25) is 0 Å². The number of aromatic nitrogens is 2. The van der Waals surface area contributed by atoms with E-state index in [0.29, 0.717) is 24.4 Å². The summed E-state index contributed by atoms with van der Waals surface area (Å²) in [7, 11) is 0. The predicted octanol–water partition coefficient (Wildman–Crippen LogP) is 0.488. The van der Waals surface area contributed by atoms with Crippen LogP contribution in [0.4, 0.5) is 0 Å². The van der Waals surface area contributed by atoms with Crippen molar-refractivity contribution < 1.29 is 4.52 Å². The van der Waals surface area contributed by atoms with E-state index in [1.54, 1.807) is 0 Å². The number of nitrogens with one attached hydrogen (secondary N) is 1. The summed E-state index contributed by atoms with van der Waals surface area (Å²) in [5, 5.41) is 7.49. The van der Waals surface area contributed by atoms with Crippen molar-refractivity contribution in [1.29, 1.82) is 0 Å². The lowest BCUT2D eigenvalue weighted by Crippen LogP contribution is -2.57. The highest BCUT2D eigenvalue weighted by molar-refractivity contribution is 5.01. The van der Waals surface area contributed by atoms with E-state index in [0.717, 1.165) is 32.0 Å². The Hall–Kier alpha value is -0.980. The van der Waals surface area contributed by atoms with Gasteiger partial charge in [-0.1, -0.05) is 19.0 Å². The van der Waals surface area contributed by atoms with E-state index in [1.807, 2.05) is 0 Å². The predicted molar refractivity (Wildman–Crippen MR) is 71.6 cm³/mol. The standard InChI is InChI=1S/C13H23N5O/c1-10(2)7-14-8-12-15-13(16-19-12)11-9-17-3-5-18(11)6-4-17/h10-11,14H,3-9H2,1-2H3. The van der Waals surface area contributed by atoms with E-state index in [4.69, 9.17) is 4.52 Å². The molecule has 1 N–H and O–H groups in total. The van der Waals surface area contributed by atoms with Crippen molar-refractivity contribution in [3.63, 3.8) is 0 Å². The number of hydrogen-bond acceptors (Lipinski definition) is 6. The van der Waals surface area contributed by atoms with Crippen LogP contribution in [0.5, 0.6) is 0 Å². The van der Waals surface area contributed by atoms with Crippen molar-refractivity contribution >= 4 is 0 Å². The van der Waals surface area contributed by atoms with Crippen LogP contribution in [0.25, 0.3) is 0 Å². The fourth-order valence-electron chi connectivity index (χ4n) is 2.81. The molecule has 1 aromatic rings. The van der Waals surface area contributed by atoms with Gasteiger partial charge in [0.25, 0.3) is 0 Å². The minimum Gasteiger partial charge on any atom is -0.338 e. The van der Waals surface area contributed by atoms with Gasteiger partial charge in [-0.3, -0.25) is 9.80 Å². The van der Waals surface area contributed by atoms with Crippen molar-refractivity contribution in [2.45, 2.75) is 26.4 Å². The number of hydrogen-bond donors (Lipinski definition) is 1. The smallest absolute Gasteiger partial charge is 0.240 e. The Morgan fingerprint density at radius 1 is 1.32 bits per heavy atom. The topological polar surface area (TPSA) is 57.4 Å². The van der Waals surface area contributed by atoms with E-state index >= 15 is 0 Å². The Labute approximate surface area is 114 Å². The molecule has 19 heavy (non-hydrogen) atoms. The molecular formula is C13H23N5O. The fourth-order valence-corrected chi connectivity index (χ4v) is 2.81. The van der Waals surface area contributed by atoms with Gasteiger partial charge in [0.1, 0.15) is 0 Å². The molecule has 3 saturated heterocycles. The molecule has 0 aromatic carbocycles. The summed E-state index contributed by atoms with van der Waals surface area (Å²) in [5.41, 5.74) is 0. The third kappa shape index (κ3) is 2.96. The lowest BCUT2D eigenvalue weighted by atomic mass is 10.1. The van der Waals surface area contributed by atoms with Crippen LogP contribution in [0, 0.1) is 5.92 Å². The molecule has 6 heteroatoms. The average Bonchev–Trinajstić information content (AvgIpc) is 2.88. The molecule has 3 fully saturated rings. The molecule has 1 atom stereocenters. The minimum atomic E-state index is 0.324. The molecule has 0 radical (unpaired) electrons. The summed E-state index contributed by atoms with van der Waals surface area (Å²) in [5.74, 6) is 2.19. The normalized spacial score (nSPS) is 30.2. The maximum Gasteiger partial charge on any atom is 0.240 e. The summed E-state index contributed by atoms with van der Waals surface area (Å²) in [6.45, 7) is 11.7. The van der Waals surface area contributed by atoms with Crippen molar-refractivity contribution in [1.82, 2.24) is 25.3 Å². The van der Waals surface area contributed by atoms with Gasteiger partial charge in [-0.05, 0) is 12.5 Å². The monoisotopic (exact) mass is 265 g/mol. The van der Waals surface area contributed by atoms with Crippen LogP contribution >= 0.6 is 0 Å². The second-order valence-electron chi connectivity index (χ2n) is 5.92. The van der Waals surface area contributed by atoms with E-state index < -0.39 is 0 Å². The summed E-state index contributed by atoms with van der Waals surface area (Å²) < 4.78 is 5.34. The minimum absolute atomic E-state index is 0.324. The number of fused-ring (bicyclic) bond motifs is 3. The van der Waals surface area contributed by atoms with Crippen molar-refractivity contribution in [3.8, 4) is 0 Å². The molecule has 6 nitrogen and oxygen atoms in total. The van der Waals surface area contributed by atoms with Crippen LogP contribution in [-0.4, -0.2) is 59.2 Å². The van der Waals surface area contributed by atoms with Crippen LogP contribution in [0.15, 0.2) is 4.52 Å². The highest BCUT2D eigenvalue weighted by Crippen LogP contribution is 2.26. The summed E-state index contributed by atoms with van der Waals surface area (Å²) in [6, 6.07) is 0.324. The molecule has 0 spiro atoms. The summed E-state index contributed by atoms with van der Waals surface area (Å²) >= 11 is 0. The van der Waals surface area contributed by atoms with E-state index in [1.165, 1.54) is 13.1 Å². The molecule has 1 aromatic heterocycles. The molecule has 3 aliphatic rings. The second kappa shape index (κ2) is 5.56.